The first-order chi connectivity index (χ1) is 12.5. The van der Waals surface area contributed by atoms with Crippen LogP contribution in [-0.2, 0) is 0 Å². The number of halogens is 1. The molecule has 0 spiro atoms. The van der Waals surface area contributed by atoms with Gasteiger partial charge in [0, 0.05) is 13.1 Å². The zero-order valence-electron chi connectivity index (χ0n) is 15.6. The molecule has 0 saturated carbocycles. The molecule has 146 valence electrons. The molecule has 0 bridgehead atoms. The van der Waals surface area contributed by atoms with Gasteiger partial charge >= 0.3 is 0 Å². The van der Waals surface area contributed by atoms with Gasteiger partial charge in [-0.1, -0.05) is 21.9 Å². The van der Waals surface area contributed by atoms with Gasteiger partial charge < -0.3 is 9.64 Å². The number of fused-ring (bicyclic) bond motifs is 1. The normalized spacial score (nSPS) is 10.9. The van der Waals surface area contributed by atoms with E-state index in [9.17, 15) is 4.79 Å². The molecule has 3 aromatic rings. The molecule has 27 heavy (non-hydrogen) atoms. The van der Waals surface area contributed by atoms with Gasteiger partial charge in [0.1, 0.15) is 16.1 Å². The number of anilines is 1. The molecule has 3 rings (SSSR count). The maximum absolute atomic E-state index is 13.1. The van der Waals surface area contributed by atoms with E-state index in [4.69, 9.17) is 9.72 Å². The third-order valence-electron chi connectivity index (χ3n) is 3.76. The number of carbonyl (C=O) groups is 1. The lowest BCUT2D eigenvalue weighted by molar-refractivity contribution is 0.0988. The minimum atomic E-state index is -0.114. The second kappa shape index (κ2) is 9.41. The highest BCUT2D eigenvalue weighted by atomic mass is 35.5. The van der Waals surface area contributed by atoms with Gasteiger partial charge in [0.2, 0.25) is 0 Å². The number of nitrogens with zero attached hydrogens (tertiary/aromatic N) is 5. The van der Waals surface area contributed by atoms with Crippen molar-refractivity contribution in [2.45, 2.75) is 13.8 Å². The molecule has 0 fully saturated rings. The number of hydrogen-bond donors (Lipinski definition) is 0. The van der Waals surface area contributed by atoms with Gasteiger partial charge in [-0.15, -0.1) is 17.5 Å². The highest BCUT2D eigenvalue weighted by Gasteiger charge is 2.25. The Morgan fingerprint density at radius 2 is 2.04 bits per heavy atom. The first-order valence-corrected chi connectivity index (χ1v) is 9.88. The summed E-state index contributed by atoms with van der Waals surface area (Å²) >= 11 is 2.61. The SMILES string of the molecule is CCOc1cccc2sc(N(CCN(C)C)C(=O)c3snnc3C)nc12.Cl. The Labute approximate surface area is 172 Å². The molecule has 0 unspecified atom stereocenters. The zero-order valence-corrected chi connectivity index (χ0v) is 18.1. The molecule has 0 atom stereocenters. The number of ether oxygens (including phenoxy) is 1. The van der Waals surface area contributed by atoms with E-state index in [0.717, 1.165) is 34.0 Å². The Hall–Kier alpha value is -1.81. The predicted molar refractivity (Wildman–Crippen MR) is 113 cm³/mol. The number of carbonyl (C=O) groups excluding carboxylic acids is 1. The number of hydrogen-bond acceptors (Lipinski definition) is 8. The van der Waals surface area contributed by atoms with Crippen LogP contribution in [0.4, 0.5) is 5.13 Å². The Balaban J connectivity index is 0.00000261. The first-order valence-electron chi connectivity index (χ1n) is 8.29. The topological polar surface area (TPSA) is 71.5 Å². The third-order valence-corrected chi connectivity index (χ3v) is 5.62. The number of amides is 1. The van der Waals surface area contributed by atoms with Crippen molar-refractivity contribution in [2.24, 2.45) is 0 Å². The smallest absolute Gasteiger partial charge is 0.273 e. The fourth-order valence-corrected chi connectivity index (χ4v) is 4.05. The van der Waals surface area contributed by atoms with Crippen molar-refractivity contribution in [2.75, 3.05) is 38.7 Å². The van der Waals surface area contributed by atoms with Crippen molar-refractivity contribution in [1.29, 1.82) is 0 Å². The van der Waals surface area contributed by atoms with E-state index in [2.05, 4.69) is 9.59 Å². The van der Waals surface area contributed by atoms with Crippen LogP contribution in [0, 0.1) is 6.92 Å². The minimum Gasteiger partial charge on any atom is -0.492 e. The monoisotopic (exact) mass is 427 g/mol. The Kier molecular flexibility index (Phi) is 7.49. The van der Waals surface area contributed by atoms with Crippen molar-refractivity contribution >= 4 is 56.5 Å². The molecule has 0 radical (unpaired) electrons. The van der Waals surface area contributed by atoms with Crippen LogP contribution >= 0.6 is 35.3 Å². The molecule has 1 amide bonds. The van der Waals surface area contributed by atoms with Crippen LogP contribution in [0.25, 0.3) is 10.2 Å². The van der Waals surface area contributed by atoms with E-state index >= 15 is 0 Å². The summed E-state index contributed by atoms with van der Waals surface area (Å²) < 4.78 is 10.6. The fraction of sp³-hybridized carbons (Fsp3) is 0.412. The summed E-state index contributed by atoms with van der Waals surface area (Å²) in [4.78, 5) is 22.1. The number of likely N-dealkylation sites (N-methyl/N-ethyl adjacent to an activating group) is 1. The maximum Gasteiger partial charge on any atom is 0.273 e. The van der Waals surface area contributed by atoms with Gasteiger partial charge in [0.15, 0.2) is 5.13 Å². The van der Waals surface area contributed by atoms with Crippen LogP contribution < -0.4 is 9.64 Å². The minimum absolute atomic E-state index is 0. The Morgan fingerprint density at radius 3 is 2.67 bits per heavy atom. The molecule has 1 aromatic carbocycles. The van der Waals surface area contributed by atoms with Crippen LogP contribution in [0.2, 0.25) is 0 Å². The molecule has 7 nitrogen and oxygen atoms in total. The number of para-hydroxylation sites is 1. The van der Waals surface area contributed by atoms with Gasteiger partial charge in [-0.25, -0.2) is 4.98 Å². The van der Waals surface area contributed by atoms with Gasteiger partial charge in [-0.3, -0.25) is 9.69 Å². The molecule has 0 aliphatic heterocycles. The predicted octanol–water partition coefficient (Wildman–Crippen LogP) is 3.49. The van der Waals surface area contributed by atoms with E-state index in [0.29, 0.717) is 28.9 Å². The largest absolute Gasteiger partial charge is 0.492 e. The average Bonchev–Trinajstić information content (AvgIpc) is 3.21. The molecule has 0 N–H and O–H groups in total. The average molecular weight is 428 g/mol. The Bertz CT molecular complexity index is 912. The summed E-state index contributed by atoms with van der Waals surface area (Å²) in [6, 6.07) is 5.84. The molecule has 0 aliphatic carbocycles. The molecule has 0 saturated heterocycles. The molecule has 0 aliphatic rings. The summed E-state index contributed by atoms with van der Waals surface area (Å²) in [5.41, 5.74) is 1.43. The maximum atomic E-state index is 13.1. The van der Waals surface area contributed by atoms with Crippen molar-refractivity contribution in [3.8, 4) is 5.75 Å². The van der Waals surface area contributed by atoms with Gasteiger partial charge in [-0.2, -0.15) is 0 Å². The molecular formula is C17H22ClN5O2S2. The fourth-order valence-electron chi connectivity index (χ4n) is 2.43. The summed E-state index contributed by atoms with van der Waals surface area (Å²) in [6.07, 6.45) is 0. The lowest BCUT2D eigenvalue weighted by Gasteiger charge is -2.21. The van der Waals surface area contributed by atoms with Crippen LogP contribution in [-0.4, -0.2) is 59.2 Å². The van der Waals surface area contributed by atoms with Gasteiger partial charge in [-0.05, 0) is 51.6 Å². The number of aryl methyl sites for hydroxylation is 1. The van der Waals surface area contributed by atoms with Crippen molar-refractivity contribution < 1.29 is 9.53 Å². The quantitative estimate of drug-likeness (QED) is 0.574. The molecular weight excluding hydrogens is 406 g/mol. The van der Waals surface area contributed by atoms with Crippen LogP contribution in [0.5, 0.6) is 5.75 Å². The second-order valence-corrected chi connectivity index (χ2v) is 7.74. The van der Waals surface area contributed by atoms with E-state index in [1.807, 2.05) is 44.1 Å². The lowest BCUT2D eigenvalue weighted by Crippen LogP contribution is -2.36. The van der Waals surface area contributed by atoms with Crippen LogP contribution in [0.15, 0.2) is 18.2 Å². The van der Waals surface area contributed by atoms with Crippen molar-refractivity contribution in [1.82, 2.24) is 19.5 Å². The van der Waals surface area contributed by atoms with E-state index in [-0.39, 0.29) is 18.3 Å². The van der Waals surface area contributed by atoms with Crippen molar-refractivity contribution in [3.63, 3.8) is 0 Å². The van der Waals surface area contributed by atoms with E-state index in [1.165, 1.54) is 11.3 Å². The lowest BCUT2D eigenvalue weighted by atomic mass is 10.3. The number of thiazole rings is 1. The first kappa shape index (κ1) is 21.5. The van der Waals surface area contributed by atoms with Crippen LogP contribution in [0.3, 0.4) is 0 Å². The standard InChI is InChI=1S/C17H21N5O2S2.ClH/c1-5-24-12-7-6-8-13-14(12)18-17(25-13)22(10-9-21(3)4)16(23)15-11(2)19-20-26-15;/h6-8H,5,9-10H2,1-4H3;1H. The van der Waals surface area contributed by atoms with E-state index in [1.54, 1.807) is 11.8 Å². The summed E-state index contributed by atoms with van der Waals surface area (Å²) in [7, 11) is 3.96. The van der Waals surface area contributed by atoms with Gasteiger partial charge in [0.05, 0.1) is 17.0 Å². The second-order valence-electron chi connectivity index (χ2n) is 5.98. The molecule has 2 aromatic heterocycles. The van der Waals surface area contributed by atoms with Crippen LogP contribution in [0.1, 0.15) is 22.3 Å². The number of benzene rings is 1. The number of rotatable bonds is 7. The third kappa shape index (κ3) is 4.73. The Morgan fingerprint density at radius 1 is 1.26 bits per heavy atom. The molecule has 10 heteroatoms. The number of aromatic nitrogens is 3. The summed E-state index contributed by atoms with van der Waals surface area (Å²) in [5.74, 6) is 0.625. The zero-order chi connectivity index (χ0) is 18.7. The highest BCUT2D eigenvalue weighted by molar-refractivity contribution is 7.22. The molecule has 2 heterocycles. The highest BCUT2D eigenvalue weighted by Crippen LogP contribution is 2.35. The summed E-state index contributed by atoms with van der Waals surface area (Å²) in [5, 5.41) is 4.62. The van der Waals surface area contributed by atoms with Crippen molar-refractivity contribution in [3.05, 3.63) is 28.8 Å². The summed E-state index contributed by atoms with van der Waals surface area (Å²) in [6.45, 7) is 5.57. The van der Waals surface area contributed by atoms with Gasteiger partial charge in [0.25, 0.3) is 5.91 Å². The van der Waals surface area contributed by atoms with E-state index < -0.39 is 0 Å².